The van der Waals surface area contributed by atoms with Crippen molar-refractivity contribution in [3.05, 3.63) is 23.8 Å². The Kier molecular flexibility index (Phi) is 4.17. The summed E-state index contributed by atoms with van der Waals surface area (Å²) in [4.78, 5) is 0. The summed E-state index contributed by atoms with van der Waals surface area (Å²) in [6.07, 6.45) is 8.43. The van der Waals surface area contributed by atoms with Crippen molar-refractivity contribution in [2.75, 3.05) is 0 Å². The zero-order valence-corrected chi connectivity index (χ0v) is 9.88. The Morgan fingerprint density at radius 2 is 2.20 bits per heavy atom. The Labute approximate surface area is 92.9 Å². The van der Waals surface area contributed by atoms with Gasteiger partial charge in [-0.3, -0.25) is 0 Å². The van der Waals surface area contributed by atoms with Gasteiger partial charge in [0.2, 0.25) is 0 Å². The summed E-state index contributed by atoms with van der Waals surface area (Å²) in [5, 5.41) is 9.58. The summed E-state index contributed by atoms with van der Waals surface area (Å²) in [6.45, 7) is 6.49. The second-order valence-electron chi connectivity index (χ2n) is 4.89. The highest BCUT2D eigenvalue weighted by Crippen LogP contribution is 2.24. The summed E-state index contributed by atoms with van der Waals surface area (Å²) in [5.41, 5.74) is 1.42. The van der Waals surface area contributed by atoms with Crippen LogP contribution < -0.4 is 0 Å². The highest BCUT2D eigenvalue weighted by atomic mass is 16.3. The maximum absolute atomic E-state index is 9.58. The van der Waals surface area contributed by atoms with E-state index in [1.165, 1.54) is 5.57 Å². The van der Waals surface area contributed by atoms with E-state index in [2.05, 4.69) is 50.8 Å². The molecule has 0 radical (unpaired) electrons. The van der Waals surface area contributed by atoms with Crippen LogP contribution in [-0.4, -0.2) is 11.2 Å². The Balaban J connectivity index is 2.82. The van der Waals surface area contributed by atoms with Gasteiger partial charge in [0, 0.05) is 12.8 Å². The van der Waals surface area contributed by atoms with Crippen LogP contribution in [0.2, 0.25) is 0 Å². The van der Waals surface area contributed by atoms with Crippen LogP contribution in [0.25, 0.3) is 0 Å². The lowest BCUT2D eigenvalue weighted by atomic mass is 9.87. The Morgan fingerprint density at radius 1 is 1.47 bits per heavy atom. The fraction of sp³-hybridized carbons (Fsp3) is 0.571. The minimum atomic E-state index is -0.504. The molecule has 0 saturated carbocycles. The highest BCUT2D eigenvalue weighted by molar-refractivity contribution is 5.15. The molecular formula is C14H20O. The van der Waals surface area contributed by atoms with Crippen LogP contribution in [-0.2, 0) is 0 Å². The molecule has 0 bridgehead atoms. The van der Waals surface area contributed by atoms with E-state index < -0.39 is 6.10 Å². The smallest absolute Gasteiger partial charge is 0.118 e. The molecule has 0 spiro atoms. The molecule has 0 aromatic heterocycles. The first kappa shape index (κ1) is 12.1. The van der Waals surface area contributed by atoms with Crippen LogP contribution in [0.1, 0.15) is 40.0 Å². The topological polar surface area (TPSA) is 20.2 Å². The molecule has 15 heavy (non-hydrogen) atoms. The maximum Gasteiger partial charge on any atom is 0.118 e. The highest BCUT2D eigenvalue weighted by Gasteiger charge is 2.12. The van der Waals surface area contributed by atoms with Gasteiger partial charge in [-0.15, -0.1) is 0 Å². The lowest BCUT2D eigenvalue weighted by molar-refractivity contribution is 0.232. The third-order valence-electron chi connectivity index (χ3n) is 2.55. The van der Waals surface area contributed by atoms with Crippen LogP contribution in [0.15, 0.2) is 23.8 Å². The lowest BCUT2D eigenvalue weighted by Crippen LogP contribution is -2.06. The molecule has 1 N–H and O–H groups in total. The molecule has 1 aliphatic rings. The predicted molar refractivity (Wildman–Crippen MR) is 64.3 cm³/mol. The Bertz CT molecular complexity index is 323. The van der Waals surface area contributed by atoms with Gasteiger partial charge in [0.1, 0.15) is 6.10 Å². The van der Waals surface area contributed by atoms with E-state index in [0.717, 1.165) is 12.8 Å². The van der Waals surface area contributed by atoms with Crippen molar-refractivity contribution in [1.29, 1.82) is 0 Å². The normalized spacial score (nSPS) is 31.5. The minimum absolute atomic E-state index is 0.193. The molecule has 1 atom stereocenters. The largest absolute Gasteiger partial charge is 0.380 e. The zero-order valence-electron chi connectivity index (χ0n) is 9.88. The minimum Gasteiger partial charge on any atom is -0.380 e. The van der Waals surface area contributed by atoms with Gasteiger partial charge < -0.3 is 5.11 Å². The Hall–Kier alpha value is -1.00. The molecule has 0 fully saturated rings. The van der Waals surface area contributed by atoms with Crippen molar-refractivity contribution in [1.82, 2.24) is 0 Å². The van der Waals surface area contributed by atoms with Crippen LogP contribution >= 0.6 is 0 Å². The lowest BCUT2D eigenvalue weighted by Gasteiger charge is -2.18. The van der Waals surface area contributed by atoms with Crippen LogP contribution in [0, 0.1) is 17.3 Å². The molecule has 0 heterocycles. The number of aliphatic hydroxyl groups excluding tert-OH is 1. The van der Waals surface area contributed by atoms with E-state index >= 15 is 0 Å². The third kappa shape index (κ3) is 4.85. The molecule has 1 nitrogen and oxygen atoms in total. The fourth-order valence-corrected chi connectivity index (χ4v) is 1.56. The van der Waals surface area contributed by atoms with Gasteiger partial charge in [0.15, 0.2) is 0 Å². The summed E-state index contributed by atoms with van der Waals surface area (Å²) < 4.78 is 0. The van der Waals surface area contributed by atoms with Gasteiger partial charge in [0.05, 0.1) is 0 Å². The maximum atomic E-state index is 9.58. The molecule has 0 saturated heterocycles. The summed E-state index contributed by atoms with van der Waals surface area (Å²) >= 11 is 0. The van der Waals surface area contributed by atoms with Crippen LogP contribution in [0.5, 0.6) is 0 Å². The van der Waals surface area contributed by atoms with Gasteiger partial charge in [-0.05, 0) is 18.8 Å². The SMILES string of the molecule is C/C1=C\CC(C)(C)/C=C\CC#CC(O)C1. The zero-order chi connectivity index (χ0) is 11.3. The monoisotopic (exact) mass is 204 g/mol. The van der Waals surface area contributed by atoms with Crippen molar-refractivity contribution >= 4 is 0 Å². The van der Waals surface area contributed by atoms with Crippen molar-refractivity contribution in [3.63, 3.8) is 0 Å². The molecule has 0 aliphatic heterocycles. The van der Waals surface area contributed by atoms with Crippen molar-refractivity contribution in [2.24, 2.45) is 5.41 Å². The average Bonchev–Trinajstić information content (AvgIpc) is 2.15. The van der Waals surface area contributed by atoms with E-state index in [4.69, 9.17) is 0 Å². The van der Waals surface area contributed by atoms with E-state index in [-0.39, 0.29) is 5.41 Å². The molecular weight excluding hydrogens is 184 g/mol. The first-order valence-electron chi connectivity index (χ1n) is 5.49. The molecule has 1 aliphatic carbocycles. The molecule has 1 unspecified atom stereocenters. The summed E-state index contributed by atoms with van der Waals surface area (Å²) in [7, 11) is 0. The number of hydrogen-bond acceptors (Lipinski definition) is 1. The van der Waals surface area contributed by atoms with E-state index in [9.17, 15) is 5.11 Å². The van der Waals surface area contributed by atoms with Crippen LogP contribution in [0.3, 0.4) is 0 Å². The van der Waals surface area contributed by atoms with Crippen molar-refractivity contribution < 1.29 is 5.11 Å². The molecule has 1 heteroatoms. The second kappa shape index (κ2) is 5.19. The molecule has 1 rings (SSSR count). The quantitative estimate of drug-likeness (QED) is 0.475. The van der Waals surface area contributed by atoms with Crippen molar-refractivity contribution in [2.45, 2.75) is 46.1 Å². The third-order valence-corrected chi connectivity index (χ3v) is 2.55. The molecule has 0 aromatic carbocycles. The molecule has 0 aromatic rings. The van der Waals surface area contributed by atoms with E-state index in [1.54, 1.807) is 0 Å². The van der Waals surface area contributed by atoms with E-state index in [0.29, 0.717) is 6.42 Å². The number of allylic oxidation sites excluding steroid dienone is 3. The fourth-order valence-electron chi connectivity index (χ4n) is 1.56. The van der Waals surface area contributed by atoms with Crippen LogP contribution in [0.4, 0.5) is 0 Å². The van der Waals surface area contributed by atoms with E-state index in [1.807, 2.05) is 0 Å². The predicted octanol–water partition coefficient (Wildman–Crippen LogP) is 3.06. The molecule has 0 amide bonds. The summed E-state index contributed by atoms with van der Waals surface area (Å²) in [5.74, 6) is 5.83. The van der Waals surface area contributed by atoms with Gasteiger partial charge >= 0.3 is 0 Å². The van der Waals surface area contributed by atoms with Gasteiger partial charge in [-0.2, -0.15) is 0 Å². The standard InChI is InChI=1S/C14H20O/c1-12-8-10-14(2,3)9-6-4-5-7-13(15)11-12/h6,8-9,13,15H,4,10-11H2,1-3H3/b9-6-,12-8+. The van der Waals surface area contributed by atoms with Gasteiger partial charge in [0.25, 0.3) is 0 Å². The average molecular weight is 204 g/mol. The molecule has 82 valence electrons. The van der Waals surface area contributed by atoms with Crippen molar-refractivity contribution in [3.8, 4) is 11.8 Å². The second-order valence-corrected chi connectivity index (χ2v) is 4.89. The number of hydrogen-bond donors (Lipinski definition) is 1. The van der Waals surface area contributed by atoms with Gasteiger partial charge in [-0.1, -0.05) is 49.5 Å². The number of rotatable bonds is 0. The summed E-state index contributed by atoms with van der Waals surface area (Å²) in [6, 6.07) is 0. The Morgan fingerprint density at radius 3 is 2.93 bits per heavy atom. The number of aliphatic hydroxyl groups is 1. The first-order valence-corrected chi connectivity index (χ1v) is 5.49. The first-order chi connectivity index (χ1) is 6.99. The van der Waals surface area contributed by atoms with Gasteiger partial charge in [-0.25, -0.2) is 0 Å².